The van der Waals surface area contributed by atoms with Crippen LogP contribution in [0.1, 0.15) is 63.9 Å². The molecule has 192 valence electrons. The summed E-state index contributed by atoms with van der Waals surface area (Å²) in [7, 11) is -2.97. The lowest BCUT2D eigenvalue weighted by Crippen LogP contribution is -2.39. The zero-order valence-electron chi connectivity index (χ0n) is 20.5. The van der Waals surface area contributed by atoms with Crippen molar-refractivity contribution < 1.29 is 27.8 Å². The van der Waals surface area contributed by atoms with Gasteiger partial charge in [0.1, 0.15) is 9.84 Å². The molecule has 0 unspecified atom stereocenters. The summed E-state index contributed by atoms with van der Waals surface area (Å²) in [6.07, 6.45) is 5.07. The number of unbranched alkanes of at least 4 members (excludes halogenated alkanes) is 2. The van der Waals surface area contributed by atoms with E-state index in [0.717, 1.165) is 44.2 Å². The second-order valence-electron chi connectivity index (χ2n) is 9.40. The van der Waals surface area contributed by atoms with E-state index in [0.29, 0.717) is 37.6 Å². The average molecular weight is 497 g/mol. The Morgan fingerprint density at radius 3 is 2.59 bits per heavy atom. The third-order valence-electron chi connectivity index (χ3n) is 6.89. The van der Waals surface area contributed by atoms with Crippen molar-refractivity contribution in [2.45, 2.75) is 64.3 Å². The number of carboxylic acid groups (broad SMARTS) is 1. The van der Waals surface area contributed by atoms with E-state index >= 15 is 0 Å². The molecule has 0 aliphatic carbocycles. The second kappa shape index (κ2) is 12.7. The number of sulfone groups is 1. The second-order valence-corrected chi connectivity index (χ2v) is 11.7. The quantitative estimate of drug-likeness (QED) is 0.357. The molecule has 3 atom stereocenters. The molecular weight excluding hydrogens is 456 g/mol. The van der Waals surface area contributed by atoms with Gasteiger partial charge >= 0.3 is 5.97 Å². The number of carbonyl (C=O) groups is 1. The maximum absolute atomic E-state index is 12.3. The Morgan fingerprint density at radius 2 is 1.85 bits per heavy atom. The summed E-state index contributed by atoms with van der Waals surface area (Å²) in [4.78, 5) is 14.6. The van der Waals surface area contributed by atoms with Gasteiger partial charge in [-0.05, 0) is 43.5 Å². The molecule has 8 nitrogen and oxygen atoms in total. The Labute approximate surface area is 203 Å². The van der Waals surface area contributed by atoms with E-state index in [1.165, 1.54) is 0 Å². The minimum Gasteiger partial charge on any atom is -0.481 e. The Bertz CT molecular complexity index is 907. The van der Waals surface area contributed by atoms with Gasteiger partial charge in [0.2, 0.25) is 6.79 Å². The van der Waals surface area contributed by atoms with E-state index in [1.54, 1.807) is 0 Å². The third-order valence-corrected chi connectivity index (χ3v) is 8.71. The molecule has 2 N–H and O–H groups in total. The largest absolute Gasteiger partial charge is 0.481 e. The van der Waals surface area contributed by atoms with E-state index in [-0.39, 0.29) is 30.3 Å². The predicted octanol–water partition coefficient (Wildman–Crippen LogP) is 3.27. The molecule has 0 aromatic heterocycles. The van der Waals surface area contributed by atoms with Gasteiger partial charge in [-0.1, -0.05) is 39.2 Å². The fraction of sp³-hybridized carbons (Fsp3) is 0.720. The molecule has 2 heterocycles. The first kappa shape index (κ1) is 26.8. The molecule has 1 aromatic carbocycles. The van der Waals surface area contributed by atoms with Crippen LogP contribution in [0, 0.1) is 5.92 Å². The molecule has 0 spiro atoms. The molecule has 0 bridgehead atoms. The van der Waals surface area contributed by atoms with Crippen LogP contribution in [0.3, 0.4) is 0 Å². The summed E-state index contributed by atoms with van der Waals surface area (Å²) >= 11 is 0. The number of nitrogens with one attached hydrogen (secondary N) is 1. The summed E-state index contributed by atoms with van der Waals surface area (Å²) in [5.74, 6) is 0.533. The Morgan fingerprint density at radius 1 is 1.09 bits per heavy atom. The highest BCUT2D eigenvalue weighted by molar-refractivity contribution is 7.91. The first-order valence-corrected chi connectivity index (χ1v) is 14.5. The molecule has 1 saturated heterocycles. The monoisotopic (exact) mass is 496 g/mol. The van der Waals surface area contributed by atoms with Crippen molar-refractivity contribution in [1.82, 2.24) is 10.2 Å². The Kier molecular flexibility index (Phi) is 10.0. The van der Waals surface area contributed by atoms with Gasteiger partial charge in [0.15, 0.2) is 11.5 Å². The number of hydrogen-bond donors (Lipinski definition) is 2. The van der Waals surface area contributed by atoms with Crippen molar-refractivity contribution in [3.63, 3.8) is 0 Å². The summed E-state index contributed by atoms with van der Waals surface area (Å²) < 4.78 is 35.1. The van der Waals surface area contributed by atoms with Gasteiger partial charge in [0.05, 0.1) is 17.4 Å². The van der Waals surface area contributed by atoms with Crippen LogP contribution in [0.2, 0.25) is 0 Å². The van der Waals surface area contributed by atoms with E-state index in [9.17, 15) is 18.3 Å². The molecule has 2 aliphatic heterocycles. The lowest BCUT2D eigenvalue weighted by molar-refractivity contribution is -0.143. The first-order valence-electron chi connectivity index (χ1n) is 12.6. The van der Waals surface area contributed by atoms with Crippen LogP contribution in [-0.2, 0) is 14.6 Å². The van der Waals surface area contributed by atoms with Gasteiger partial charge in [-0.15, -0.1) is 0 Å². The number of benzene rings is 1. The fourth-order valence-corrected chi connectivity index (χ4v) is 6.58. The molecule has 34 heavy (non-hydrogen) atoms. The van der Waals surface area contributed by atoms with E-state index in [1.807, 2.05) is 18.2 Å². The highest BCUT2D eigenvalue weighted by atomic mass is 32.2. The molecule has 1 fully saturated rings. The summed E-state index contributed by atoms with van der Waals surface area (Å²) in [6.45, 7) is 7.11. The van der Waals surface area contributed by atoms with Crippen molar-refractivity contribution in [3.05, 3.63) is 23.8 Å². The average Bonchev–Trinajstić information content (AvgIpc) is 3.40. The van der Waals surface area contributed by atoms with Crippen LogP contribution in [0.25, 0.3) is 0 Å². The van der Waals surface area contributed by atoms with Gasteiger partial charge in [-0.25, -0.2) is 8.42 Å². The summed E-state index contributed by atoms with van der Waals surface area (Å²) in [6, 6.07) is 5.72. The molecule has 2 aliphatic rings. The van der Waals surface area contributed by atoms with Gasteiger partial charge in [-0.3, -0.25) is 9.69 Å². The standard InChI is InChI=1S/C25H40N2O6S/c1-3-5-6-14-34(30,31)15-7-11-26-12-13-27-17-20(24(25(28)29)21(27)8-4-2)19-9-10-22-23(16-19)33-18-32-22/h9-10,16,20-21,24,26H,3-8,11-15,17-18H2,1-2H3,(H,28,29)/t20-,21-,24+/m1/s1. The maximum Gasteiger partial charge on any atom is 0.308 e. The van der Waals surface area contributed by atoms with Crippen molar-refractivity contribution in [2.24, 2.45) is 5.92 Å². The van der Waals surface area contributed by atoms with E-state index < -0.39 is 21.7 Å². The number of rotatable bonds is 15. The number of ether oxygens (including phenoxy) is 2. The van der Waals surface area contributed by atoms with Crippen molar-refractivity contribution in [2.75, 3.05) is 44.5 Å². The SMILES string of the molecule is CCCCCS(=O)(=O)CCCNCCN1C[C@H](c2ccc3c(c2)OCO3)[C@H](C(=O)O)[C@H]1CCC. The van der Waals surface area contributed by atoms with Crippen LogP contribution in [0.5, 0.6) is 11.5 Å². The number of aliphatic carboxylic acids is 1. The van der Waals surface area contributed by atoms with Crippen LogP contribution in [0.15, 0.2) is 18.2 Å². The van der Waals surface area contributed by atoms with E-state index in [2.05, 4.69) is 24.1 Å². The van der Waals surface area contributed by atoms with Gasteiger partial charge in [-0.2, -0.15) is 0 Å². The maximum atomic E-state index is 12.3. The third kappa shape index (κ3) is 7.09. The smallest absolute Gasteiger partial charge is 0.308 e. The van der Waals surface area contributed by atoms with Crippen molar-refractivity contribution in [1.29, 1.82) is 0 Å². The number of nitrogens with zero attached hydrogens (tertiary/aromatic N) is 1. The Balaban J connectivity index is 1.53. The molecule has 1 aromatic rings. The van der Waals surface area contributed by atoms with Gasteiger partial charge in [0, 0.05) is 31.6 Å². The van der Waals surface area contributed by atoms with Crippen LogP contribution < -0.4 is 14.8 Å². The first-order chi connectivity index (χ1) is 16.4. The Hall–Kier alpha value is -1.84. The number of hydrogen-bond acceptors (Lipinski definition) is 7. The van der Waals surface area contributed by atoms with Crippen molar-refractivity contribution >= 4 is 15.8 Å². The molecule has 9 heteroatoms. The highest BCUT2D eigenvalue weighted by Crippen LogP contribution is 2.42. The summed E-state index contributed by atoms with van der Waals surface area (Å²) in [5, 5.41) is 13.5. The minimum absolute atomic E-state index is 0.0290. The van der Waals surface area contributed by atoms with Crippen LogP contribution >= 0.6 is 0 Å². The zero-order valence-corrected chi connectivity index (χ0v) is 21.3. The van der Waals surface area contributed by atoms with Gasteiger partial charge < -0.3 is 19.9 Å². The molecule has 0 amide bonds. The summed E-state index contributed by atoms with van der Waals surface area (Å²) in [5.41, 5.74) is 0.974. The minimum atomic E-state index is -2.97. The van der Waals surface area contributed by atoms with Crippen LogP contribution in [-0.4, -0.2) is 74.9 Å². The predicted molar refractivity (Wildman–Crippen MR) is 132 cm³/mol. The molecule has 3 rings (SSSR count). The molecule has 0 saturated carbocycles. The molecule has 0 radical (unpaired) electrons. The topological polar surface area (TPSA) is 105 Å². The molecular formula is C25H40N2O6S. The zero-order chi connectivity index (χ0) is 24.6. The van der Waals surface area contributed by atoms with Gasteiger partial charge in [0.25, 0.3) is 0 Å². The highest BCUT2D eigenvalue weighted by Gasteiger charge is 2.46. The number of likely N-dealkylation sites (tertiary alicyclic amines) is 1. The lowest BCUT2D eigenvalue weighted by Gasteiger charge is -2.26. The van der Waals surface area contributed by atoms with Crippen LogP contribution in [0.4, 0.5) is 0 Å². The number of carboxylic acids is 1. The lowest BCUT2D eigenvalue weighted by atomic mass is 9.84. The normalized spacial score (nSPS) is 22.4. The fourth-order valence-electron chi connectivity index (χ4n) is 5.14. The van der Waals surface area contributed by atoms with Crippen molar-refractivity contribution in [3.8, 4) is 11.5 Å². The van der Waals surface area contributed by atoms with E-state index in [4.69, 9.17) is 9.47 Å². The number of fused-ring (bicyclic) bond motifs is 1.